The third-order valence-electron chi connectivity index (χ3n) is 4.91. The van der Waals surface area contributed by atoms with Crippen LogP contribution in [0.4, 0.5) is 0 Å². The molecule has 0 bridgehead atoms. The highest BCUT2D eigenvalue weighted by atomic mass is 14.7. The van der Waals surface area contributed by atoms with E-state index in [1.54, 1.807) is 0 Å². The second-order valence-electron chi connectivity index (χ2n) is 6.34. The van der Waals surface area contributed by atoms with Crippen molar-refractivity contribution in [2.45, 2.75) is 38.0 Å². The number of nitrogens with zero attached hydrogens (tertiary/aromatic N) is 1. The first-order valence-corrected chi connectivity index (χ1v) is 8.36. The van der Waals surface area contributed by atoms with Crippen molar-refractivity contribution in [1.82, 2.24) is 4.98 Å². The van der Waals surface area contributed by atoms with Crippen molar-refractivity contribution < 1.29 is 0 Å². The maximum absolute atomic E-state index is 4.66. The van der Waals surface area contributed by atoms with Gasteiger partial charge in [-0.25, -0.2) is 0 Å². The molecule has 4 rings (SSSR count). The maximum Gasteiger partial charge on any atom is 0.0708 e. The normalized spacial score (nSPS) is 16.0. The molecule has 22 heavy (non-hydrogen) atoms. The van der Waals surface area contributed by atoms with Crippen LogP contribution < -0.4 is 0 Å². The van der Waals surface area contributed by atoms with E-state index in [0.717, 1.165) is 11.6 Å². The summed E-state index contributed by atoms with van der Waals surface area (Å²) in [6.45, 7) is 0. The molecule has 1 heteroatoms. The lowest BCUT2D eigenvalue weighted by molar-refractivity contribution is 0.445. The Morgan fingerprint density at radius 3 is 2.45 bits per heavy atom. The second kappa shape index (κ2) is 5.92. The van der Waals surface area contributed by atoms with Crippen LogP contribution in [0.25, 0.3) is 22.0 Å². The molecule has 1 aliphatic rings. The quantitative estimate of drug-likeness (QED) is 0.567. The summed E-state index contributed by atoms with van der Waals surface area (Å²) in [5, 5.41) is 2.66. The largest absolute Gasteiger partial charge is 0.256 e. The van der Waals surface area contributed by atoms with Crippen molar-refractivity contribution in [3.63, 3.8) is 0 Å². The summed E-state index contributed by atoms with van der Waals surface area (Å²) in [7, 11) is 0. The standard InChI is InChI=1S/C21H21N/c1-3-8-16(9-4-1)19-13-7-12-18-15-22-21(14-20(18)19)17-10-5-2-6-11-17/h2,5-7,10-16H,1,3-4,8-9H2. The van der Waals surface area contributed by atoms with E-state index in [1.807, 2.05) is 6.20 Å². The fraction of sp³-hybridized carbons (Fsp3) is 0.286. The van der Waals surface area contributed by atoms with Crippen LogP contribution >= 0.6 is 0 Å². The summed E-state index contributed by atoms with van der Waals surface area (Å²) < 4.78 is 0. The van der Waals surface area contributed by atoms with Gasteiger partial charge in [-0.1, -0.05) is 67.8 Å². The molecule has 0 spiro atoms. The van der Waals surface area contributed by atoms with Gasteiger partial charge in [0.25, 0.3) is 0 Å². The van der Waals surface area contributed by atoms with Crippen molar-refractivity contribution in [2.75, 3.05) is 0 Å². The van der Waals surface area contributed by atoms with Gasteiger partial charge in [0.15, 0.2) is 0 Å². The first kappa shape index (κ1) is 13.5. The summed E-state index contributed by atoms with van der Waals surface area (Å²) in [6, 6.07) is 19.5. The third-order valence-corrected chi connectivity index (χ3v) is 4.91. The summed E-state index contributed by atoms with van der Waals surface area (Å²) in [6.07, 6.45) is 8.85. The molecule has 3 aromatic rings. The Kier molecular flexibility index (Phi) is 3.64. The van der Waals surface area contributed by atoms with E-state index in [0.29, 0.717) is 0 Å². The molecule has 1 nitrogen and oxygen atoms in total. The molecule has 110 valence electrons. The smallest absolute Gasteiger partial charge is 0.0708 e. The molecule has 2 aromatic carbocycles. The molecular weight excluding hydrogens is 266 g/mol. The van der Waals surface area contributed by atoms with Gasteiger partial charge in [0.1, 0.15) is 0 Å². The van der Waals surface area contributed by atoms with E-state index in [4.69, 9.17) is 0 Å². The minimum Gasteiger partial charge on any atom is -0.256 e. The number of pyridine rings is 1. The van der Waals surface area contributed by atoms with Gasteiger partial charge in [0, 0.05) is 17.1 Å². The Balaban J connectivity index is 1.83. The van der Waals surface area contributed by atoms with Gasteiger partial charge >= 0.3 is 0 Å². The zero-order valence-corrected chi connectivity index (χ0v) is 12.8. The van der Waals surface area contributed by atoms with Crippen LogP contribution in [0, 0.1) is 0 Å². The van der Waals surface area contributed by atoms with Crippen molar-refractivity contribution in [1.29, 1.82) is 0 Å². The van der Waals surface area contributed by atoms with Crippen LogP contribution in [0.15, 0.2) is 60.8 Å². The van der Waals surface area contributed by atoms with Crippen LogP contribution in [-0.4, -0.2) is 4.98 Å². The second-order valence-corrected chi connectivity index (χ2v) is 6.34. The molecule has 1 heterocycles. The van der Waals surface area contributed by atoms with Gasteiger partial charge in [0.2, 0.25) is 0 Å². The first-order valence-electron chi connectivity index (χ1n) is 8.36. The molecule has 1 aromatic heterocycles. The zero-order valence-electron chi connectivity index (χ0n) is 12.8. The number of fused-ring (bicyclic) bond motifs is 1. The molecule has 0 amide bonds. The van der Waals surface area contributed by atoms with Gasteiger partial charge in [0.05, 0.1) is 5.69 Å². The molecule has 1 fully saturated rings. The number of hydrogen-bond donors (Lipinski definition) is 0. The lowest BCUT2D eigenvalue weighted by Crippen LogP contribution is -2.05. The molecule has 1 saturated carbocycles. The predicted octanol–water partition coefficient (Wildman–Crippen LogP) is 5.95. The predicted molar refractivity (Wildman–Crippen MR) is 93.0 cm³/mol. The van der Waals surface area contributed by atoms with E-state index in [-0.39, 0.29) is 0 Å². The van der Waals surface area contributed by atoms with Crippen molar-refractivity contribution in [3.05, 3.63) is 66.4 Å². The van der Waals surface area contributed by atoms with Gasteiger partial charge in [-0.3, -0.25) is 4.98 Å². The van der Waals surface area contributed by atoms with Crippen LogP contribution in [0.2, 0.25) is 0 Å². The van der Waals surface area contributed by atoms with Gasteiger partial charge in [-0.05, 0) is 35.8 Å². The molecule has 0 atom stereocenters. The van der Waals surface area contributed by atoms with E-state index in [2.05, 4.69) is 59.6 Å². The molecule has 1 aliphatic carbocycles. The van der Waals surface area contributed by atoms with Crippen molar-refractivity contribution in [3.8, 4) is 11.3 Å². The fourth-order valence-electron chi connectivity index (χ4n) is 3.73. The molecule has 0 saturated heterocycles. The van der Waals surface area contributed by atoms with Gasteiger partial charge in [-0.15, -0.1) is 0 Å². The Hall–Kier alpha value is -2.15. The van der Waals surface area contributed by atoms with E-state index in [1.165, 1.54) is 54.0 Å². The monoisotopic (exact) mass is 287 g/mol. The van der Waals surface area contributed by atoms with E-state index >= 15 is 0 Å². The molecule has 0 N–H and O–H groups in total. The highest BCUT2D eigenvalue weighted by molar-refractivity contribution is 5.88. The SMILES string of the molecule is c1ccc(-c2cc3c(C4CCCCC4)cccc3cn2)cc1. The lowest BCUT2D eigenvalue weighted by atomic mass is 9.82. The van der Waals surface area contributed by atoms with Crippen LogP contribution in [0.1, 0.15) is 43.6 Å². The first-order chi connectivity index (χ1) is 10.9. The summed E-state index contributed by atoms with van der Waals surface area (Å²) in [4.78, 5) is 4.66. The molecule has 0 unspecified atom stereocenters. The Morgan fingerprint density at radius 2 is 1.64 bits per heavy atom. The van der Waals surface area contributed by atoms with Crippen molar-refractivity contribution in [2.24, 2.45) is 0 Å². The maximum atomic E-state index is 4.66. The zero-order chi connectivity index (χ0) is 14.8. The Morgan fingerprint density at radius 1 is 0.818 bits per heavy atom. The van der Waals surface area contributed by atoms with Crippen molar-refractivity contribution >= 4 is 10.8 Å². The average molecular weight is 287 g/mol. The van der Waals surface area contributed by atoms with Gasteiger partial charge < -0.3 is 0 Å². The minimum absolute atomic E-state index is 0.725. The Labute approximate surface area is 132 Å². The fourth-order valence-corrected chi connectivity index (χ4v) is 3.73. The summed E-state index contributed by atoms with van der Waals surface area (Å²) in [5.74, 6) is 0.725. The topological polar surface area (TPSA) is 12.9 Å². The van der Waals surface area contributed by atoms with Crippen LogP contribution in [-0.2, 0) is 0 Å². The third kappa shape index (κ3) is 2.52. The highest BCUT2D eigenvalue weighted by Gasteiger charge is 2.17. The van der Waals surface area contributed by atoms with E-state index < -0.39 is 0 Å². The summed E-state index contributed by atoms with van der Waals surface area (Å²) in [5.41, 5.74) is 3.80. The summed E-state index contributed by atoms with van der Waals surface area (Å²) >= 11 is 0. The lowest BCUT2D eigenvalue weighted by Gasteiger charge is -2.23. The molecule has 0 radical (unpaired) electrons. The molecular formula is C21H21N. The van der Waals surface area contributed by atoms with Gasteiger partial charge in [-0.2, -0.15) is 0 Å². The highest BCUT2D eigenvalue weighted by Crippen LogP contribution is 2.37. The number of hydrogen-bond acceptors (Lipinski definition) is 1. The van der Waals surface area contributed by atoms with Crippen LogP contribution in [0.3, 0.4) is 0 Å². The molecule has 0 aliphatic heterocycles. The van der Waals surface area contributed by atoms with Crippen LogP contribution in [0.5, 0.6) is 0 Å². The average Bonchev–Trinajstić information content (AvgIpc) is 2.62. The number of benzene rings is 2. The number of aromatic nitrogens is 1. The minimum atomic E-state index is 0.725. The van der Waals surface area contributed by atoms with E-state index in [9.17, 15) is 0 Å². The number of rotatable bonds is 2. The Bertz CT molecular complexity index is 770.